The number of fused-ring (bicyclic) bond motifs is 1. The summed E-state index contributed by atoms with van der Waals surface area (Å²) in [6.45, 7) is 1.72. The van der Waals surface area contributed by atoms with Gasteiger partial charge in [-0.1, -0.05) is 11.6 Å². The van der Waals surface area contributed by atoms with Crippen LogP contribution >= 0.6 is 11.6 Å². The van der Waals surface area contributed by atoms with Gasteiger partial charge in [0.25, 0.3) is 0 Å². The van der Waals surface area contributed by atoms with Crippen molar-refractivity contribution in [2.75, 3.05) is 5.32 Å². The Morgan fingerprint density at radius 1 is 1.62 bits per heavy atom. The second-order valence-corrected chi connectivity index (χ2v) is 2.96. The molecular weight excluding hydrogens is 194 g/mol. The summed E-state index contributed by atoms with van der Waals surface area (Å²) in [6, 6.07) is 0. The van der Waals surface area contributed by atoms with Crippen molar-refractivity contribution in [1.82, 2.24) is 9.97 Å². The summed E-state index contributed by atoms with van der Waals surface area (Å²) in [7, 11) is 0. The molecule has 1 aliphatic heterocycles. The molecule has 0 radical (unpaired) electrons. The Labute approximate surface area is 79.1 Å². The Morgan fingerprint density at radius 3 is 3.15 bits per heavy atom. The van der Waals surface area contributed by atoms with Gasteiger partial charge in [0.2, 0.25) is 0 Å². The highest BCUT2D eigenvalue weighted by Gasteiger charge is 2.26. The topological polar surface area (TPSA) is 64.1 Å². The predicted molar refractivity (Wildman–Crippen MR) is 45.6 cm³/mol. The molecule has 5 nitrogen and oxygen atoms in total. The van der Waals surface area contributed by atoms with Gasteiger partial charge in [-0.15, -0.1) is 0 Å². The molecule has 0 saturated heterocycles. The Hall–Kier alpha value is -1.36. The SMILES string of the molecule is C[C@H]1OC(=O)Nc2ncnc(Cl)c21. The summed E-state index contributed by atoms with van der Waals surface area (Å²) < 4.78 is 4.88. The van der Waals surface area contributed by atoms with Crippen LogP contribution in [0.3, 0.4) is 0 Å². The molecular formula is C7H6ClN3O2. The van der Waals surface area contributed by atoms with Crippen molar-refractivity contribution < 1.29 is 9.53 Å². The van der Waals surface area contributed by atoms with Gasteiger partial charge >= 0.3 is 6.09 Å². The second kappa shape index (κ2) is 2.85. The van der Waals surface area contributed by atoms with Gasteiger partial charge < -0.3 is 4.74 Å². The zero-order chi connectivity index (χ0) is 9.42. The van der Waals surface area contributed by atoms with Gasteiger partial charge in [-0.05, 0) is 6.92 Å². The first-order valence-electron chi connectivity index (χ1n) is 3.66. The van der Waals surface area contributed by atoms with Crippen molar-refractivity contribution in [2.24, 2.45) is 0 Å². The summed E-state index contributed by atoms with van der Waals surface area (Å²) in [5.74, 6) is 0.420. The third kappa shape index (κ3) is 1.31. The van der Waals surface area contributed by atoms with Crippen molar-refractivity contribution >= 4 is 23.5 Å². The first-order valence-corrected chi connectivity index (χ1v) is 4.04. The van der Waals surface area contributed by atoms with E-state index < -0.39 is 12.2 Å². The molecule has 0 fully saturated rings. The fourth-order valence-electron chi connectivity index (χ4n) is 1.18. The van der Waals surface area contributed by atoms with Crippen LogP contribution in [0.15, 0.2) is 6.33 Å². The number of anilines is 1. The first-order chi connectivity index (χ1) is 6.18. The molecule has 1 atom stereocenters. The molecule has 1 N–H and O–H groups in total. The quantitative estimate of drug-likeness (QED) is 0.647. The van der Waals surface area contributed by atoms with E-state index in [9.17, 15) is 4.79 Å². The number of hydrogen-bond donors (Lipinski definition) is 1. The molecule has 13 heavy (non-hydrogen) atoms. The maximum atomic E-state index is 10.9. The van der Waals surface area contributed by atoms with E-state index in [0.29, 0.717) is 16.5 Å². The molecule has 1 aromatic rings. The molecule has 1 amide bonds. The minimum atomic E-state index is -0.519. The number of aromatic nitrogens is 2. The highest BCUT2D eigenvalue weighted by Crippen LogP contribution is 2.32. The van der Waals surface area contributed by atoms with Gasteiger partial charge in [0.15, 0.2) is 0 Å². The van der Waals surface area contributed by atoms with E-state index in [4.69, 9.17) is 16.3 Å². The number of cyclic esters (lactones) is 1. The average molecular weight is 200 g/mol. The number of hydrogen-bond acceptors (Lipinski definition) is 4. The Morgan fingerprint density at radius 2 is 2.38 bits per heavy atom. The van der Waals surface area contributed by atoms with Crippen LogP contribution in [0.2, 0.25) is 5.15 Å². The molecule has 0 saturated carbocycles. The molecule has 0 aromatic carbocycles. The van der Waals surface area contributed by atoms with Crippen LogP contribution in [0, 0.1) is 0 Å². The van der Waals surface area contributed by atoms with E-state index in [-0.39, 0.29) is 0 Å². The second-order valence-electron chi connectivity index (χ2n) is 2.60. The zero-order valence-electron chi connectivity index (χ0n) is 6.74. The Kier molecular flexibility index (Phi) is 1.81. The fraction of sp³-hybridized carbons (Fsp3) is 0.286. The van der Waals surface area contributed by atoms with Crippen molar-refractivity contribution in [3.8, 4) is 0 Å². The Bertz CT molecular complexity index is 369. The summed E-state index contributed by atoms with van der Waals surface area (Å²) in [5.41, 5.74) is 0.615. The van der Waals surface area contributed by atoms with Crippen LogP contribution in [0.1, 0.15) is 18.6 Å². The molecule has 0 unspecified atom stereocenters. The van der Waals surface area contributed by atoms with Gasteiger partial charge in [0.05, 0.1) is 5.56 Å². The van der Waals surface area contributed by atoms with Gasteiger partial charge in [0, 0.05) is 0 Å². The molecule has 1 aromatic heterocycles. The highest BCUT2D eigenvalue weighted by atomic mass is 35.5. The number of nitrogens with zero attached hydrogens (tertiary/aromatic N) is 2. The van der Waals surface area contributed by atoms with Crippen molar-refractivity contribution in [2.45, 2.75) is 13.0 Å². The van der Waals surface area contributed by atoms with Gasteiger partial charge in [0.1, 0.15) is 23.4 Å². The molecule has 68 valence electrons. The van der Waals surface area contributed by atoms with Gasteiger partial charge in [-0.2, -0.15) is 0 Å². The summed E-state index contributed by atoms with van der Waals surface area (Å²) in [4.78, 5) is 18.6. The van der Waals surface area contributed by atoms with E-state index in [0.717, 1.165) is 0 Å². The van der Waals surface area contributed by atoms with Gasteiger partial charge in [-0.25, -0.2) is 14.8 Å². The summed E-state index contributed by atoms with van der Waals surface area (Å²) >= 11 is 5.80. The highest BCUT2D eigenvalue weighted by molar-refractivity contribution is 6.30. The predicted octanol–water partition coefficient (Wildman–Crippen LogP) is 1.75. The van der Waals surface area contributed by atoms with Gasteiger partial charge in [-0.3, -0.25) is 5.32 Å². The molecule has 0 bridgehead atoms. The van der Waals surface area contributed by atoms with Crippen molar-refractivity contribution in [3.63, 3.8) is 0 Å². The number of amides is 1. The monoisotopic (exact) mass is 199 g/mol. The average Bonchev–Trinajstić information content (AvgIpc) is 2.02. The van der Waals surface area contributed by atoms with Crippen LogP contribution in [-0.4, -0.2) is 16.1 Å². The number of carbonyl (C=O) groups is 1. The van der Waals surface area contributed by atoms with Crippen LogP contribution in [0.4, 0.5) is 10.6 Å². The number of ether oxygens (including phenoxy) is 1. The smallest absolute Gasteiger partial charge is 0.413 e. The summed E-state index contributed by atoms with van der Waals surface area (Å²) in [6.07, 6.45) is 0.367. The van der Waals surface area contributed by atoms with E-state index >= 15 is 0 Å². The first kappa shape index (κ1) is 8.25. The molecule has 2 heterocycles. The lowest BCUT2D eigenvalue weighted by Gasteiger charge is -2.22. The number of carbonyl (C=O) groups excluding carboxylic acids is 1. The minimum Gasteiger partial charge on any atom is -0.441 e. The number of rotatable bonds is 0. The lowest BCUT2D eigenvalue weighted by Crippen LogP contribution is -2.24. The van der Waals surface area contributed by atoms with Crippen molar-refractivity contribution in [1.29, 1.82) is 0 Å². The van der Waals surface area contributed by atoms with E-state index in [1.165, 1.54) is 6.33 Å². The van der Waals surface area contributed by atoms with Crippen molar-refractivity contribution in [3.05, 3.63) is 17.0 Å². The lowest BCUT2D eigenvalue weighted by atomic mass is 10.2. The summed E-state index contributed by atoms with van der Waals surface area (Å²) in [5, 5.41) is 2.74. The third-order valence-corrected chi connectivity index (χ3v) is 2.05. The minimum absolute atomic E-state index is 0.303. The fourth-order valence-corrected chi connectivity index (χ4v) is 1.47. The van der Waals surface area contributed by atoms with Crippen LogP contribution in [0.5, 0.6) is 0 Å². The number of nitrogens with one attached hydrogen (secondary N) is 1. The van der Waals surface area contributed by atoms with Crippen LogP contribution in [-0.2, 0) is 4.74 Å². The largest absolute Gasteiger partial charge is 0.441 e. The molecule has 2 rings (SSSR count). The Balaban J connectivity index is 2.55. The van der Waals surface area contributed by atoms with Crippen LogP contribution in [0.25, 0.3) is 0 Å². The lowest BCUT2D eigenvalue weighted by molar-refractivity contribution is 0.116. The maximum Gasteiger partial charge on any atom is 0.413 e. The normalized spacial score (nSPS) is 20.2. The molecule has 0 spiro atoms. The van der Waals surface area contributed by atoms with E-state index in [2.05, 4.69) is 15.3 Å². The molecule has 0 aliphatic carbocycles. The maximum absolute atomic E-state index is 10.9. The molecule has 6 heteroatoms. The number of halogens is 1. The van der Waals surface area contributed by atoms with Crippen LogP contribution < -0.4 is 5.32 Å². The zero-order valence-corrected chi connectivity index (χ0v) is 7.50. The van der Waals surface area contributed by atoms with E-state index in [1.54, 1.807) is 6.92 Å². The van der Waals surface area contributed by atoms with E-state index in [1.807, 2.05) is 0 Å². The molecule has 1 aliphatic rings. The standard InChI is InChI=1S/C7H6ClN3O2/c1-3-4-5(8)9-2-10-6(4)11-7(12)13-3/h2-3H,1H3,(H,9,10,11,12)/t3-/m1/s1. The third-order valence-electron chi connectivity index (χ3n) is 1.75.